The highest BCUT2D eigenvalue weighted by molar-refractivity contribution is 7.11. The Balaban J connectivity index is 1.76. The summed E-state index contributed by atoms with van der Waals surface area (Å²) in [4.78, 5) is 20.8. The van der Waals surface area contributed by atoms with Crippen molar-refractivity contribution in [3.63, 3.8) is 0 Å². The van der Waals surface area contributed by atoms with Gasteiger partial charge >= 0.3 is 0 Å². The molecule has 2 aromatic heterocycles. The van der Waals surface area contributed by atoms with Gasteiger partial charge in [-0.1, -0.05) is 0 Å². The van der Waals surface area contributed by atoms with Crippen LogP contribution in [-0.2, 0) is 6.42 Å². The summed E-state index contributed by atoms with van der Waals surface area (Å²) in [6, 6.07) is 4.15. The summed E-state index contributed by atoms with van der Waals surface area (Å²) in [7, 11) is 1.91. The van der Waals surface area contributed by atoms with Crippen LogP contribution >= 0.6 is 11.3 Å². The lowest BCUT2D eigenvalue weighted by Gasteiger charge is -2.27. The van der Waals surface area contributed by atoms with Gasteiger partial charge in [-0.15, -0.1) is 11.3 Å². The van der Waals surface area contributed by atoms with Crippen molar-refractivity contribution in [1.82, 2.24) is 14.5 Å². The van der Waals surface area contributed by atoms with E-state index in [2.05, 4.69) is 20.8 Å². The molecule has 1 atom stereocenters. The number of hydrogen-bond acceptors (Lipinski definition) is 3. The maximum Gasteiger partial charge on any atom is 0.270 e. The van der Waals surface area contributed by atoms with Crippen LogP contribution in [0.25, 0.3) is 0 Å². The second kappa shape index (κ2) is 6.48. The summed E-state index contributed by atoms with van der Waals surface area (Å²) < 4.78 is 2.04. The fourth-order valence-corrected chi connectivity index (χ4v) is 4.51. The molecule has 2 heterocycles. The lowest BCUT2D eigenvalue weighted by molar-refractivity contribution is 0.0770. The minimum atomic E-state index is 0.0998. The third kappa shape index (κ3) is 3.20. The highest BCUT2D eigenvalue weighted by Crippen LogP contribution is 2.35. The molecular weight excluding hydrogens is 306 g/mol. The van der Waals surface area contributed by atoms with Crippen LogP contribution in [0.4, 0.5) is 0 Å². The molecule has 3 rings (SSSR count). The maximum atomic E-state index is 12.8. The van der Waals surface area contributed by atoms with Gasteiger partial charge in [0, 0.05) is 36.6 Å². The van der Waals surface area contributed by atoms with E-state index < -0.39 is 0 Å². The molecule has 2 aromatic rings. The second-order valence-corrected chi connectivity index (χ2v) is 8.00. The van der Waals surface area contributed by atoms with Crippen LogP contribution in [0, 0.1) is 6.92 Å². The van der Waals surface area contributed by atoms with E-state index in [9.17, 15) is 4.79 Å². The van der Waals surface area contributed by atoms with Crippen molar-refractivity contribution in [3.05, 3.63) is 39.6 Å². The smallest absolute Gasteiger partial charge is 0.270 e. The lowest BCUT2D eigenvalue weighted by atomic mass is 9.90. The first kappa shape index (κ1) is 16.2. The fraction of sp³-hybridized carbons (Fsp3) is 0.556. The standard InChI is InChI=1S/C18H25N3OS/c1-12(2)21-10-6-8-15(21)18(22)20(4)11-14-7-5-9-16-17(14)19-13(3)23-16/h6,8,10,12,14H,5,7,9,11H2,1-4H3/t14-/m0/s1. The molecular formula is C18H25N3OS. The molecule has 0 saturated heterocycles. The molecule has 0 aromatic carbocycles. The number of hydrogen-bond donors (Lipinski definition) is 0. The zero-order chi connectivity index (χ0) is 16.6. The van der Waals surface area contributed by atoms with Crippen molar-refractivity contribution in [2.75, 3.05) is 13.6 Å². The Kier molecular flexibility index (Phi) is 4.57. The number of thiazole rings is 1. The third-order valence-electron chi connectivity index (χ3n) is 4.57. The molecule has 0 aliphatic heterocycles. The summed E-state index contributed by atoms with van der Waals surface area (Å²) in [5.41, 5.74) is 2.01. The van der Waals surface area contributed by atoms with Crippen LogP contribution in [0.2, 0.25) is 0 Å². The van der Waals surface area contributed by atoms with Crippen molar-refractivity contribution in [2.45, 2.75) is 52.0 Å². The van der Waals surface area contributed by atoms with Crippen LogP contribution in [-0.4, -0.2) is 34.0 Å². The van der Waals surface area contributed by atoms with Crippen molar-refractivity contribution in [3.8, 4) is 0 Å². The number of amides is 1. The van der Waals surface area contributed by atoms with Crippen LogP contribution in [0.1, 0.15) is 64.7 Å². The molecule has 1 amide bonds. The Bertz CT molecular complexity index is 701. The van der Waals surface area contributed by atoms with Gasteiger partial charge in [0.25, 0.3) is 5.91 Å². The van der Waals surface area contributed by atoms with E-state index in [1.165, 1.54) is 17.0 Å². The normalized spacial score (nSPS) is 17.3. The number of carbonyl (C=O) groups excluding carboxylic acids is 1. The maximum absolute atomic E-state index is 12.8. The molecule has 124 valence electrons. The van der Waals surface area contributed by atoms with Gasteiger partial charge in [0.2, 0.25) is 0 Å². The zero-order valence-electron chi connectivity index (χ0n) is 14.4. The fourth-order valence-electron chi connectivity index (χ4n) is 3.44. The van der Waals surface area contributed by atoms with E-state index in [0.717, 1.165) is 30.1 Å². The predicted octanol–water partition coefficient (Wildman–Crippen LogP) is 4.03. The van der Waals surface area contributed by atoms with Crippen molar-refractivity contribution in [1.29, 1.82) is 0 Å². The van der Waals surface area contributed by atoms with Gasteiger partial charge in [0.1, 0.15) is 5.69 Å². The quantitative estimate of drug-likeness (QED) is 0.848. The summed E-state index contributed by atoms with van der Waals surface area (Å²) in [5, 5.41) is 1.14. The van der Waals surface area contributed by atoms with Gasteiger partial charge in [-0.3, -0.25) is 4.79 Å². The molecule has 1 aliphatic rings. The minimum absolute atomic E-state index is 0.0998. The van der Waals surface area contributed by atoms with Gasteiger partial charge < -0.3 is 9.47 Å². The summed E-state index contributed by atoms with van der Waals surface area (Å²) in [5.74, 6) is 0.475. The van der Waals surface area contributed by atoms with Crippen LogP contribution in [0.15, 0.2) is 18.3 Å². The molecule has 0 saturated carbocycles. The monoisotopic (exact) mass is 331 g/mol. The Morgan fingerprint density at radius 3 is 3.04 bits per heavy atom. The van der Waals surface area contributed by atoms with E-state index in [-0.39, 0.29) is 5.91 Å². The largest absolute Gasteiger partial charge is 0.341 e. The Morgan fingerprint density at radius 2 is 2.30 bits per heavy atom. The van der Waals surface area contributed by atoms with Crippen LogP contribution < -0.4 is 0 Å². The third-order valence-corrected chi connectivity index (χ3v) is 5.62. The number of rotatable bonds is 4. The highest BCUT2D eigenvalue weighted by Gasteiger charge is 2.27. The zero-order valence-corrected chi connectivity index (χ0v) is 15.2. The Hall–Kier alpha value is -1.62. The predicted molar refractivity (Wildman–Crippen MR) is 94.3 cm³/mol. The Morgan fingerprint density at radius 1 is 1.52 bits per heavy atom. The van der Waals surface area contributed by atoms with Gasteiger partial charge in [-0.25, -0.2) is 4.98 Å². The number of nitrogens with zero attached hydrogens (tertiary/aromatic N) is 3. The van der Waals surface area contributed by atoms with Gasteiger partial charge in [0.05, 0.1) is 10.7 Å². The van der Waals surface area contributed by atoms with Gasteiger partial charge in [0.15, 0.2) is 0 Å². The molecule has 4 nitrogen and oxygen atoms in total. The van der Waals surface area contributed by atoms with Gasteiger partial charge in [-0.2, -0.15) is 0 Å². The molecule has 0 radical (unpaired) electrons. The second-order valence-electron chi connectivity index (χ2n) is 6.71. The first-order valence-electron chi connectivity index (χ1n) is 8.36. The number of aromatic nitrogens is 2. The molecule has 0 unspecified atom stereocenters. The number of aryl methyl sites for hydroxylation is 2. The van der Waals surface area contributed by atoms with Gasteiger partial charge in [-0.05, 0) is 52.2 Å². The molecule has 0 bridgehead atoms. The van der Waals surface area contributed by atoms with Crippen LogP contribution in [0.3, 0.4) is 0 Å². The number of likely N-dealkylation sites (N-methyl/N-ethyl adjacent to an activating group) is 1. The molecule has 0 N–H and O–H groups in total. The summed E-state index contributed by atoms with van der Waals surface area (Å²) in [6.45, 7) is 7.02. The average Bonchev–Trinajstić information content (AvgIpc) is 3.12. The molecule has 0 fully saturated rings. The van der Waals surface area contributed by atoms with Crippen molar-refractivity contribution < 1.29 is 4.79 Å². The van der Waals surface area contributed by atoms with E-state index >= 15 is 0 Å². The molecule has 23 heavy (non-hydrogen) atoms. The minimum Gasteiger partial charge on any atom is -0.341 e. The molecule has 0 spiro atoms. The molecule has 1 aliphatic carbocycles. The first-order valence-corrected chi connectivity index (χ1v) is 9.17. The van der Waals surface area contributed by atoms with E-state index in [1.807, 2.05) is 46.2 Å². The topological polar surface area (TPSA) is 38.1 Å². The van der Waals surface area contributed by atoms with E-state index in [4.69, 9.17) is 4.98 Å². The van der Waals surface area contributed by atoms with Crippen molar-refractivity contribution >= 4 is 17.2 Å². The lowest BCUT2D eigenvalue weighted by Crippen LogP contribution is -2.33. The van der Waals surface area contributed by atoms with Crippen molar-refractivity contribution in [2.24, 2.45) is 0 Å². The number of carbonyl (C=O) groups is 1. The highest BCUT2D eigenvalue weighted by atomic mass is 32.1. The summed E-state index contributed by atoms with van der Waals surface area (Å²) in [6.07, 6.45) is 5.45. The van der Waals surface area contributed by atoms with Crippen LogP contribution in [0.5, 0.6) is 0 Å². The first-order chi connectivity index (χ1) is 11.0. The van der Waals surface area contributed by atoms with E-state index in [1.54, 1.807) is 0 Å². The Labute approximate surface area is 142 Å². The average molecular weight is 331 g/mol. The summed E-state index contributed by atoms with van der Waals surface area (Å²) >= 11 is 1.81. The number of fused-ring (bicyclic) bond motifs is 1. The van der Waals surface area contributed by atoms with E-state index in [0.29, 0.717) is 12.0 Å². The SMILES string of the molecule is Cc1nc2c(s1)CCC[C@H]2CN(C)C(=O)c1cccn1C(C)C. The molecule has 5 heteroatoms.